The maximum absolute atomic E-state index is 14.8. The zero-order chi connectivity index (χ0) is 21.0. The van der Waals surface area contributed by atoms with E-state index in [1.807, 2.05) is 0 Å². The van der Waals surface area contributed by atoms with Gasteiger partial charge >= 0.3 is 5.97 Å². The maximum Gasteiger partial charge on any atom is 0.341 e. The highest BCUT2D eigenvalue weighted by Crippen LogP contribution is 2.34. The summed E-state index contributed by atoms with van der Waals surface area (Å²) < 4.78 is 43.8. The lowest BCUT2D eigenvalue weighted by Crippen LogP contribution is -2.51. The Kier molecular flexibility index (Phi) is 4.34. The number of nitrogens with zero attached hydrogens (tertiary/aromatic N) is 2. The van der Waals surface area contributed by atoms with Gasteiger partial charge in [0.25, 0.3) is 0 Å². The second-order valence-corrected chi connectivity index (χ2v) is 6.93. The smallest absolute Gasteiger partial charge is 0.341 e. The highest BCUT2D eigenvalue weighted by molar-refractivity contribution is 5.96. The number of aryl methyl sites for hydroxylation is 1. The van der Waals surface area contributed by atoms with Crippen molar-refractivity contribution >= 4 is 22.6 Å². The third-order valence-corrected chi connectivity index (χ3v) is 5.03. The van der Waals surface area contributed by atoms with Crippen molar-refractivity contribution in [3.05, 3.63) is 69.3 Å². The van der Waals surface area contributed by atoms with E-state index in [1.54, 1.807) is 4.90 Å². The molecule has 0 unspecified atom stereocenters. The van der Waals surface area contributed by atoms with Crippen LogP contribution in [0.25, 0.3) is 16.6 Å². The van der Waals surface area contributed by atoms with Crippen LogP contribution in [0.1, 0.15) is 15.9 Å². The van der Waals surface area contributed by atoms with E-state index in [0.717, 1.165) is 29.0 Å². The van der Waals surface area contributed by atoms with Crippen LogP contribution in [0, 0.1) is 24.4 Å². The molecule has 1 aromatic heterocycles. The number of aliphatic hydroxyl groups is 1. The predicted molar refractivity (Wildman–Crippen MR) is 99.3 cm³/mol. The van der Waals surface area contributed by atoms with E-state index in [0.29, 0.717) is 6.07 Å². The highest BCUT2D eigenvalue weighted by atomic mass is 19.1. The summed E-state index contributed by atoms with van der Waals surface area (Å²) in [5.41, 5.74) is -1.28. The number of carboxylic acid groups (broad SMARTS) is 1. The van der Waals surface area contributed by atoms with E-state index in [4.69, 9.17) is 0 Å². The third-order valence-electron chi connectivity index (χ3n) is 5.03. The molecule has 9 heteroatoms. The van der Waals surface area contributed by atoms with Gasteiger partial charge in [0, 0.05) is 30.9 Å². The molecule has 6 nitrogen and oxygen atoms in total. The van der Waals surface area contributed by atoms with Gasteiger partial charge in [-0.15, -0.1) is 0 Å². The minimum Gasteiger partial charge on any atom is -0.477 e. The molecule has 1 aliphatic heterocycles. The molecule has 1 fully saturated rings. The Bertz CT molecular complexity index is 1230. The van der Waals surface area contributed by atoms with Crippen molar-refractivity contribution in [1.29, 1.82) is 0 Å². The van der Waals surface area contributed by atoms with Crippen molar-refractivity contribution in [2.24, 2.45) is 0 Å². The molecule has 1 saturated heterocycles. The number of carboxylic acids is 1. The minimum atomic E-state index is -1.55. The molecule has 2 heterocycles. The standard InChI is InChI=1S/C20H15F3N2O4/c1-9-17-12(5-15(23)18(9)24-6-11(26)7-24)19(27)13(20(28)29)8-25(17)16-3-2-10(21)4-14(16)22/h2-5,8,11,26H,6-7H2,1H3,(H,28,29). The number of hydrogen-bond acceptors (Lipinski definition) is 4. The molecule has 0 aliphatic carbocycles. The quantitative estimate of drug-likeness (QED) is 0.701. The second kappa shape index (κ2) is 6.63. The second-order valence-electron chi connectivity index (χ2n) is 6.93. The van der Waals surface area contributed by atoms with Crippen molar-refractivity contribution in [2.75, 3.05) is 18.0 Å². The van der Waals surface area contributed by atoms with Crippen molar-refractivity contribution < 1.29 is 28.2 Å². The lowest BCUT2D eigenvalue weighted by atomic mass is 10.0. The van der Waals surface area contributed by atoms with Crippen LogP contribution in [0.4, 0.5) is 18.9 Å². The zero-order valence-electron chi connectivity index (χ0n) is 15.1. The number of β-amino-alcohol motifs (C(OH)–C–C–N with tert-alkyl or cyclic N) is 1. The number of aliphatic hydroxyl groups excluding tert-OH is 1. The molecule has 3 aromatic rings. The molecule has 0 amide bonds. The fourth-order valence-electron chi connectivity index (χ4n) is 3.68. The Morgan fingerprint density at radius 1 is 1.14 bits per heavy atom. The average Bonchev–Trinajstić information content (AvgIpc) is 2.61. The molecular formula is C20H15F3N2O4. The summed E-state index contributed by atoms with van der Waals surface area (Å²) >= 11 is 0. The first-order valence-corrected chi connectivity index (χ1v) is 8.69. The van der Waals surface area contributed by atoms with E-state index < -0.39 is 40.5 Å². The number of fused-ring (bicyclic) bond motifs is 1. The number of aromatic nitrogens is 1. The van der Waals surface area contributed by atoms with E-state index in [1.165, 1.54) is 6.92 Å². The van der Waals surface area contributed by atoms with Gasteiger partial charge in [-0.1, -0.05) is 0 Å². The van der Waals surface area contributed by atoms with Crippen LogP contribution in [0.2, 0.25) is 0 Å². The van der Waals surface area contributed by atoms with E-state index in [9.17, 15) is 33.0 Å². The van der Waals surface area contributed by atoms with E-state index >= 15 is 0 Å². The predicted octanol–water partition coefficient (Wildman–Crippen LogP) is 2.60. The SMILES string of the molecule is Cc1c(N2CC(O)C2)c(F)cc2c(=O)c(C(=O)O)cn(-c3ccc(F)cc3F)c12. The Morgan fingerprint density at radius 3 is 2.41 bits per heavy atom. The maximum atomic E-state index is 14.8. The first-order chi connectivity index (χ1) is 13.7. The van der Waals surface area contributed by atoms with Crippen LogP contribution < -0.4 is 10.3 Å². The lowest BCUT2D eigenvalue weighted by molar-refractivity contribution is 0.0695. The van der Waals surface area contributed by atoms with Crippen molar-refractivity contribution in [3.8, 4) is 5.69 Å². The van der Waals surface area contributed by atoms with Crippen molar-refractivity contribution in [2.45, 2.75) is 13.0 Å². The number of carbonyl (C=O) groups is 1. The Morgan fingerprint density at radius 2 is 1.83 bits per heavy atom. The van der Waals surface area contributed by atoms with Crippen LogP contribution in [-0.4, -0.2) is 39.9 Å². The monoisotopic (exact) mass is 404 g/mol. The van der Waals surface area contributed by atoms with Gasteiger partial charge in [0.1, 0.15) is 23.0 Å². The van der Waals surface area contributed by atoms with Crippen molar-refractivity contribution in [1.82, 2.24) is 4.57 Å². The Balaban J connectivity index is 2.12. The number of rotatable bonds is 3. The van der Waals surface area contributed by atoms with Gasteiger partial charge < -0.3 is 19.7 Å². The molecule has 0 saturated carbocycles. The first-order valence-electron chi connectivity index (χ1n) is 8.69. The summed E-state index contributed by atoms with van der Waals surface area (Å²) in [7, 11) is 0. The van der Waals surface area contributed by atoms with E-state index in [2.05, 4.69) is 0 Å². The van der Waals surface area contributed by atoms with Gasteiger partial charge in [-0.25, -0.2) is 18.0 Å². The molecule has 0 bridgehead atoms. The van der Waals surface area contributed by atoms with Gasteiger partial charge in [-0.05, 0) is 25.1 Å². The molecule has 150 valence electrons. The summed E-state index contributed by atoms with van der Waals surface area (Å²) in [6.45, 7) is 1.89. The molecule has 29 heavy (non-hydrogen) atoms. The summed E-state index contributed by atoms with van der Waals surface area (Å²) in [4.78, 5) is 25.7. The molecule has 2 N–H and O–H groups in total. The number of anilines is 1. The average molecular weight is 404 g/mol. The van der Waals surface area contributed by atoms with Crippen LogP contribution >= 0.6 is 0 Å². The highest BCUT2D eigenvalue weighted by Gasteiger charge is 2.30. The summed E-state index contributed by atoms with van der Waals surface area (Å²) in [6, 6.07) is 3.64. The molecule has 2 aromatic carbocycles. The summed E-state index contributed by atoms with van der Waals surface area (Å²) in [5.74, 6) is -4.11. The Labute approximate surface area is 162 Å². The van der Waals surface area contributed by atoms with Gasteiger partial charge in [0.05, 0.1) is 28.4 Å². The first kappa shape index (κ1) is 19.0. The van der Waals surface area contributed by atoms with Gasteiger partial charge in [0.15, 0.2) is 0 Å². The molecule has 4 rings (SSSR count). The fourth-order valence-corrected chi connectivity index (χ4v) is 3.68. The van der Waals surface area contributed by atoms with Gasteiger partial charge in [-0.2, -0.15) is 0 Å². The number of halogens is 3. The molecule has 1 aliphatic rings. The number of pyridine rings is 1. The van der Waals surface area contributed by atoms with Gasteiger partial charge in [0.2, 0.25) is 5.43 Å². The number of aromatic carboxylic acids is 1. The topological polar surface area (TPSA) is 82.8 Å². The summed E-state index contributed by atoms with van der Waals surface area (Å²) in [6.07, 6.45) is 0.332. The normalized spacial score (nSPS) is 14.3. The fraction of sp³-hybridized carbons (Fsp3) is 0.200. The van der Waals surface area contributed by atoms with Crippen LogP contribution in [0.5, 0.6) is 0 Å². The zero-order valence-corrected chi connectivity index (χ0v) is 15.1. The van der Waals surface area contributed by atoms with Gasteiger partial charge in [-0.3, -0.25) is 4.79 Å². The third kappa shape index (κ3) is 2.94. The van der Waals surface area contributed by atoms with Crippen molar-refractivity contribution in [3.63, 3.8) is 0 Å². The lowest BCUT2D eigenvalue weighted by Gasteiger charge is -2.39. The summed E-state index contributed by atoms with van der Waals surface area (Å²) in [5, 5.41) is 18.7. The van der Waals surface area contributed by atoms with Crippen LogP contribution in [0.15, 0.2) is 35.3 Å². The molecule has 0 radical (unpaired) electrons. The largest absolute Gasteiger partial charge is 0.477 e. The molecule has 0 spiro atoms. The Hall–Kier alpha value is -3.33. The molecular weight excluding hydrogens is 389 g/mol. The van der Waals surface area contributed by atoms with Crippen LogP contribution in [0.3, 0.4) is 0 Å². The minimum absolute atomic E-state index is 0.100. The van der Waals surface area contributed by atoms with Crippen LogP contribution in [-0.2, 0) is 0 Å². The number of hydrogen-bond donors (Lipinski definition) is 2. The van der Waals surface area contributed by atoms with E-state index in [-0.39, 0.29) is 40.9 Å². The number of benzene rings is 2. The molecule has 0 atom stereocenters.